The molecule has 0 aliphatic carbocycles. The molecule has 6 nitrogen and oxygen atoms in total. The number of rotatable bonds is 5. The van der Waals surface area contributed by atoms with E-state index in [1.165, 1.54) is 11.8 Å². The Kier molecular flexibility index (Phi) is 6.03. The molecule has 1 unspecified atom stereocenters. The standard InChI is InChI=1S/C19H18ClN3O3S/c1-26-15-8-6-14(7-9-15)22-19-23(11-12-2-4-13(20)5-3-12)17(24)10-16(27-19)18(21)25/h2-9,16H,10-11H2,1H3,(H2,21,25). The summed E-state index contributed by atoms with van der Waals surface area (Å²) in [7, 11) is 1.59. The zero-order chi connectivity index (χ0) is 19.4. The molecule has 1 aliphatic rings. The number of carbonyl (C=O) groups is 2. The number of hydrogen-bond donors (Lipinski definition) is 1. The Bertz CT molecular complexity index is 869. The molecule has 3 rings (SSSR count). The SMILES string of the molecule is COc1ccc(N=C2SC(C(N)=O)CC(=O)N2Cc2ccc(Cl)cc2)cc1. The van der Waals surface area contributed by atoms with Gasteiger partial charge >= 0.3 is 0 Å². The summed E-state index contributed by atoms with van der Waals surface area (Å²) in [5.41, 5.74) is 6.98. The lowest BCUT2D eigenvalue weighted by molar-refractivity contribution is -0.130. The second-order valence-electron chi connectivity index (χ2n) is 5.91. The fourth-order valence-electron chi connectivity index (χ4n) is 2.55. The van der Waals surface area contributed by atoms with Crippen LogP contribution in [0.25, 0.3) is 0 Å². The molecule has 8 heteroatoms. The molecule has 0 spiro atoms. The molecular weight excluding hydrogens is 386 g/mol. The summed E-state index contributed by atoms with van der Waals surface area (Å²) in [6.07, 6.45) is 0.0508. The van der Waals surface area contributed by atoms with Crippen molar-refractivity contribution < 1.29 is 14.3 Å². The average molecular weight is 404 g/mol. The van der Waals surface area contributed by atoms with Crippen LogP contribution in [0.15, 0.2) is 53.5 Å². The van der Waals surface area contributed by atoms with Crippen LogP contribution in [0.4, 0.5) is 5.69 Å². The predicted molar refractivity (Wildman–Crippen MR) is 107 cm³/mol. The smallest absolute Gasteiger partial charge is 0.231 e. The van der Waals surface area contributed by atoms with Crippen LogP contribution in [0.3, 0.4) is 0 Å². The Balaban J connectivity index is 1.91. The minimum absolute atomic E-state index is 0.0508. The third-order valence-corrected chi connectivity index (χ3v) is 5.47. The number of halogens is 1. The number of methoxy groups -OCH3 is 1. The Morgan fingerprint density at radius 1 is 1.26 bits per heavy atom. The summed E-state index contributed by atoms with van der Waals surface area (Å²) in [6.45, 7) is 0.337. The molecule has 2 aromatic rings. The fourth-order valence-corrected chi connectivity index (χ4v) is 3.72. The van der Waals surface area contributed by atoms with Crippen LogP contribution in [-0.2, 0) is 16.1 Å². The molecule has 2 amide bonds. The molecule has 1 fully saturated rings. The van der Waals surface area contributed by atoms with Crippen LogP contribution >= 0.6 is 23.4 Å². The van der Waals surface area contributed by atoms with Gasteiger partial charge in [-0.2, -0.15) is 0 Å². The first kappa shape index (κ1) is 19.3. The van der Waals surface area contributed by atoms with Gasteiger partial charge in [0.15, 0.2) is 5.17 Å². The number of nitrogens with zero attached hydrogens (tertiary/aromatic N) is 2. The number of carbonyl (C=O) groups excluding carboxylic acids is 2. The molecule has 0 radical (unpaired) electrons. The molecular formula is C19H18ClN3O3S. The van der Waals surface area contributed by atoms with Crippen LogP contribution in [0, 0.1) is 0 Å². The van der Waals surface area contributed by atoms with E-state index in [9.17, 15) is 9.59 Å². The molecule has 0 aromatic heterocycles. The van der Waals surface area contributed by atoms with Gasteiger partial charge in [-0.05, 0) is 42.0 Å². The van der Waals surface area contributed by atoms with Crippen molar-refractivity contribution in [2.45, 2.75) is 18.2 Å². The van der Waals surface area contributed by atoms with Crippen LogP contribution in [0.5, 0.6) is 5.75 Å². The maximum atomic E-state index is 12.7. The number of ether oxygens (including phenoxy) is 1. The molecule has 140 valence electrons. The largest absolute Gasteiger partial charge is 0.497 e. The lowest BCUT2D eigenvalue weighted by Crippen LogP contribution is -2.45. The minimum Gasteiger partial charge on any atom is -0.497 e. The van der Waals surface area contributed by atoms with Gasteiger partial charge in [0, 0.05) is 11.4 Å². The minimum atomic E-state index is -0.629. The molecule has 0 bridgehead atoms. The van der Waals surface area contributed by atoms with Crippen molar-refractivity contribution in [1.29, 1.82) is 0 Å². The summed E-state index contributed by atoms with van der Waals surface area (Å²) < 4.78 is 5.14. The van der Waals surface area contributed by atoms with E-state index in [1.54, 1.807) is 48.4 Å². The summed E-state index contributed by atoms with van der Waals surface area (Å²) in [6, 6.07) is 14.4. The Morgan fingerprint density at radius 3 is 2.52 bits per heavy atom. The van der Waals surface area contributed by atoms with E-state index in [0.29, 0.717) is 28.2 Å². The zero-order valence-corrected chi connectivity index (χ0v) is 16.2. The van der Waals surface area contributed by atoms with Gasteiger partial charge in [0.05, 0.1) is 24.6 Å². The topological polar surface area (TPSA) is 85.0 Å². The first-order valence-corrected chi connectivity index (χ1v) is 9.45. The fraction of sp³-hybridized carbons (Fsp3) is 0.211. The third-order valence-electron chi connectivity index (χ3n) is 4.01. The first-order valence-electron chi connectivity index (χ1n) is 8.20. The van der Waals surface area contributed by atoms with Gasteiger partial charge in [-0.25, -0.2) is 4.99 Å². The van der Waals surface area contributed by atoms with Crippen LogP contribution < -0.4 is 10.5 Å². The van der Waals surface area contributed by atoms with Crippen molar-refractivity contribution in [1.82, 2.24) is 4.90 Å². The van der Waals surface area contributed by atoms with Gasteiger partial charge in [-0.1, -0.05) is 35.5 Å². The number of amidine groups is 1. The van der Waals surface area contributed by atoms with Crippen molar-refractivity contribution in [3.05, 3.63) is 59.1 Å². The number of thioether (sulfide) groups is 1. The molecule has 1 aliphatic heterocycles. The van der Waals surface area contributed by atoms with Gasteiger partial charge in [-0.3, -0.25) is 14.5 Å². The number of nitrogens with two attached hydrogens (primary N) is 1. The molecule has 1 heterocycles. The quantitative estimate of drug-likeness (QED) is 0.829. The monoisotopic (exact) mass is 403 g/mol. The average Bonchev–Trinajstić information content (AvgIpc) is 2.66. The second-order valence-corrected chi connectivity index (χ2v) is 7.52. The van der Waals surface area contributed by atoms with Crippen molar-refractivity contribution in [2.24, 2.45) is 10.7 Å². The van der Waals surface area contributed by atoms with Crippen molar-refractivity contribution >= 4 is 46.0 Å². The van der Waals surface area contributed by atoms with Crippen molar-refractivity contribution in [3.8, 4) is 5.75 Å². The second kappa shape index (κ2) is 8.45. The highest BCUT2D eigenvalue weighted by atomic mass is 35.5. The first-order chi connectivity index (χ1) is 13.0. The summed E-state index contributed by atoms with van der Waals surface area (Å²) >= 11 is 7.13. The number of hydrogen-bond acceptors (Lipinski definition) is 5. The zero-order valence-electron chi connectivity index (χ0n) is 14.6. The number of benzene rings is 2. The third kappa shape index (κ3) is 4.81. The Morgan fingerprint density at radius 2 is 1.93 bits per heavy atom. The highest BCUT2D eigenvalue weighted by Gasteiger charge is 2.34. The number of amides is 2. The van der Waals surface area contributed by atoms with Gasteiger partial charge in [0.2, 0.25) is 11.8 Å². The molecule has 2 N–H and O–H groups in total. The van der Waals surface area contributed by atoms with Gasteiger partial charge < -0.3 is 10.5 Å². The van der Waals surface area contributed by atoms with E-state index in [-0.39, 0.29) is 12.3 Å². The molecule has 1 saturated heterocycles. The van der Waals surface area contributed by atoms with E-state index in [4.69, 9.17) is 22.1 Å². The van der Waals surface area contributed by atoms with E-state index >= 15 is 0 Å². The molecule has 1 atom stereocenters. The van der Waals surface area contributed by atoms with E-state index in [1.807, 2.05) is 12.1 Å². The predicted octanol–water partition coefficient (Wildman–Crippen LogP) is 3.36. The van der Waals surface area contributed by atoms with Crippen LogP contribution in [-0.4, -0.2) is 34.2 Å². The molecule has 0 saturated carbocycles. The van der Waals surface area contributed by atoms with Crippen LogP contribution in [0.2, 0.25) is 5.02 Å². The van der Waals surface area contributed by atoms with E-state index in [2.05, 4.69) is 4.99 Å². The van der Waals surface area contributed by atoms with Gasteiger partial charge in [-0.15, -0.1) is 0 Å². The lowest BCUT2D eigenvalue weighted by atomic mass is 10.2. The molecule has 27 heavy (non-hydrogen) atoms. The van der Waals surface area contributed by atoms with Gasteiger partial charge in [0.1, 0.15) is 5.75 Å². The normalized spacial score (nSPS) is 18.6. The summed E-state index contributed by atoms with van der Waals surface area (Å²) in [4.78, 5) is 30.4. The van der Waals surface area contributed by atoms with E-state index < -0.39 is 11.2 Å². The Hall–Kier alpha value is -2.51. The Labute approximate surface area is 166 Å². The number of primary amides is 1. The van der Waals surface area contributed by atoms with Gasteiger partial charge in [0.25, 0.3) is 0 Å². The highest BCUT2D eigenvalue weighted by Crippen LogP contribution is 2.30. The summed E-state index contributed by atoms with van der Waals surface area (Å²) in [5.74, 6) is -0.0129. The van der Waals surface area contributed by atoms with Crippen molar-refractivity contribution in [3.63, 3.8) is 0 Å². The molecule has 2 aromatic carbocycles. The number of aliphatic imine (C=N–C) groups is 1. The van der Waals surface area contributed by atoms with Crippen molar-refractivity contribution in [2.75, 3.05) is 7.11 Å². The lowest BCUT2D eigenvalue weighted by Gasteiger charge is -2.31. The highest BCUT2D eigenvalue weighted by molar-refractivity contribution is 8.15. The summed E-state index contributed by atoms with van der Waals surface area (Å²) in [5, 5.41) is 0.435. The van der Waals surface area contributed by atoms with E-state index in [0.717, 1.165) is 5.56 Å². The maximum Gasteiger partial charge on any atom is 0.231 e. The van der Waals surface area contributed by atoms with Crippen LogP contribution in [0.1, 0.15) is 12.0 Å². The maximum absolute atomic E-state index is 12.7.